The predicted octanol–water partition coefficient (Wildman–Crippen LogP) is 1.62. The van der Waals surface area contributed by atoms with E-state index in [-0.39, 0.29) is 5.91 Å². The summed E-state index contributed by atoms with van der Waals surface area (Å²) in [6, 6.07) is 4.98. The minimum Gasteiger partial charge on any atom is -0.372 e. The summed E-state index contributed by atoms with van der Waals surface area (Å²) in [5.74, 6) is -0.154. The SMILES string of the molecule is O=C(/C=C/c1cccc(C(F)(F)F)c1)N1CC[NH+](C[C@@H]2CCCO2)CC1. The number of halogens is 3. The van der Waals surface area contributed by atoms with Crippen molar-refractivity contribution in [3.8, 4) is 0 Å². The van der Waals surface area contributed by atoms with Crippen LogP contribution in [0.3, 0.4) is 0 Å². The zero-order valence-electron chi connectivity index (χ0n) is 14.6. The fourth-order valence-corrected chi connectivity index (χ4v) is 3.47. The monoisotopic (exact) mass is 369 g/mol. The van der Waals surface area contributed by atoms with Crippen molar-refractivity contribution in [1.29, 1.82) is 0 Å². The first kappa shape index (κ1) is 18.9. The first-order valence-electron chi connectivity index (χ1n) is 9.01. The number of ether oxygens (including phenoxy) is 1. The summed E-state index contributed by atoms with van der Waals surface area (Å²) in [6.45, 7) is 4.92. The predicted molar refractivity (Wildman–Crippen MR) is 91.6 cm³/mol. The molecule has 0 aliphatic carbocycles. The minimum absolute atomic E-state index is 0.154. The summed E-state index contributed by atoms with van der Waals surface area (Å²) in [6.07, 6.45) is 1.02. The van der Waals surface area contributed by atoms with Crippen molar-refractivity contribution in [3.63, 3.8) is 0 Å². The summed E-state index contributed by atoms with van der Waals surface area (Å²) in [5.41, 5.74) is -0.339. The number of alkyl halides is 3. The Morgan fingerprint density at radius 1 is 1.31 bits per heavy atom. The Balaban J connectivity index is 1.50. The van der Waals surface area contributed by atoms with Crippen molar-refractivity contribution >= 4 is 12.0 Å². The highest BCUT2D eigenvalue weighted by Crippen LogP contribution is 2.29. The van der Waals surface area contributed by atoms with E-state index in [4.69, 9.17) is 4.74 Å². The third-order valence-corrected chi connectivity index (χ3v) is 4.95. The highest BCUT2D eigenvalue weighted by atomic mass is 19.4. The lowest BCUT2D eigenvalue weighted by Crippen LogP contribution is -3.15. The summed E-state index contributed by atoms with van der Waals surface area (Å²) < 4.78 is 43.8. The van der Waals surface area contributed by atoms with Crippen LogP contribution >= 0.6 is 0 Å². The molecule has 0 unspecified atom stereocenters. The summed E-state index contributed by atoms with van der Waals surface area (Å²) in [4.78, 5) is 15.5. The van der Waals surface area contributed by atoms with E-state index < -0.39 is 11.7 Å². The van der Waals surface area contributed by atoms with Crippen LogP contribution < -0.4 is 4.90 Å². The molecule has 4 nitrogen and oxygen atoms in total. The fraction of sp³-hybridized carbons (Fsp3) is 0.526. The second kappa shape index (κ2) is 8.22. The molecule has 1 aromatic rings. The fourth-order valence-electron chi connectivity index (χ4n) is 3.47. The number of nitrogens with zero attached hydrogens (tertiary/aromatic N) is 1. The average Bonchev–Trinajstić information content (AvgIpc) is 3.13. The normalized spacial score (nSPS) is 22.3. The molecule has 1 aromatic carbocycles. The minimum atomic E-state index is -4.38. The lowest BCUT2D eigenvalue weighted by Gasteiger charge is -2.32. The van der Waals surface area contributed by atoms with Gasteiger partial charge in [0, 0.05) is 12.7 Å². The molecule has 2 aliphatic heterocycles. The maximum atomic E-state index is 12.7. The molecule has 2 fully saturated rings. The van der Waals surface area contributed by atoms with Crippen LogP contribution in [-0.2, 0) is 15.7 Å². The molecule has 2 saturated heterocycles. The molecule has 0 bridgehead atoms. The Hall–Kier alpha value is -1.86. The first-order valence-corrected chi connectivity index (χ1v) is 9.01. The molecule has 7 heteroatoms. The highest BCUT2D eigenvalue weighted by molar-refractivity contribution is 5.91. The third kappa shape index (κ3) is 5.08. The number of carbonyl (C=O) groups is 1. The zero-order chi connectivity index (χ0) is 18.6. The van der Waals surface area contributed by atoms with Gasteiger partial charge in [0.05, 0.1) is 31.7 Å². The largest absolute Gasteiger partial charge is 0.416 e. The molecule has 1 amide bonds. The second-order valence-electron chi connectivity index (χ2n) is 6.87. The van der Waals surface area contributed by atoms with Crippen LogP contribution in [0.15, 0.2) is 30.3 Å². The van der Waals surface area contributed by atoms with E-state index in [0.29, 0.717) is 24.8 Å². The number of hydrogen-bond donors (Lipinski definition) is 1. The van der Waals surface area contributed by atoms with E-state index in [2.05, 4.69) is 0 Å². The molecule has 1 N–H and O–H groups in total. The number of rotatable bonds is 4. The van der Waals surface area contributed by atoms with Crippen molar-refractivity contribution in [2.24, 2.45) is 0 Å². The maximum absolute atomic E-state index is 12.7. The van der Waals surface area contributed by atoms with E-state index in [0.717, 1.165) is 51.2 Å². The van der Waals surface area contributed by atoms with Crippen molar-refractivity contribution in [1.82, 2.24) is 4.90 Å². The van der Waals surface area contributed by atoms with E-state index >= 15 is 0 Å². The quantitative estimate of drug-likeness (QED) is 0.819. The molecule has 142 valence electrons. The van der Waals surface area contributed by atoms with Gasteiger partial charge in [0.15, 0.2) is 0 Å². The Bertz CT molecular complexity index is 646. The van der Waals surface area contributed by atoms with E-state index in [1.807, 2.05) is 0 Å². The number of piperazine rings is 1. The average molecular weight is 369 g/mol. The molecule has 3 rings (SSSR count). The molecule has 0 saturated carbocycles. The highest BCUT2D eigenvalue weighted by Gasteiger charge is 2.30. The Morgan fingerprint density at radius 2 is 2.08 bits per heavy atom. The second-order valence-corrected chi connectivity index (χ2v) is 6.87. The van der Waals surface area contributed by atoms with Gasteiger partial charge in [0.25, 0.3) is 0 Å². The van der Waals surface area contributed by atoms with Gasteiger partial charge in [-0.3, -0.25) is 4.79 Å². The first-order chi connectivity index (χ1) is 12.4. The van der Waals surface area contributed by atoms with Crippen LogP contribution in [0.5, 0.6) is 0 Å². The van der Waals surface area contributed by atoms with Gasteiger partial charge in [-0.25, -0.2) is 0 Å². The van der Waals surface area contributed by atoms with Gasteiger partial charge >= 0.3 is 6.18 Å². The zero-order valence-corrected chi connectivity index (χ0v) is 14.6. The van der Waals surface area contributed by atoms with Crippen LogP contribution in [0, 0.1) is 0 Å². The summed E-state index contributed by atoms with van der Waals surface area (Å²) in [5, 5.41) is 0. The Kier molecular flexibility index (Phi) is 5.98. The van der Waals surface area contributed by atoms with Crippen LogP contribution in [0.4, 0.5) is 13.2 Å². The van der Waals surface area contributed by atoms with Crippen molar-refractivity contribution in [2.75, 3.05) is 39.3 Å². The number of carbonyl (C=O) groups excluding carboxylic acids is 1. The van der Waals surface area contributed by atoms with Gasteiger partial charge < -0.3 is 14.5 Å². The molecule has 0 aromatic heterocycles. The van der Waals surface area contributed by atoms with Crippen LogP contribution in [-0.4, -0.2) is 56.2 Å². The summed E-state index contributed by atoms with van der Waals surface area (Å²) >= 11 is 0. The number of nitrogens with one attached hydrogen (secondary N) is 1. The van der Waals surface area contributed by atoms with E-state index in [1.165, 1.54) is 23.1 Å². The number of hydrogen-bond acceptors (Lipinski definition) is 2. The third-order valence-electron chi connectivity index (χ3n) is 4.95. The van der Waals surface area contributed by atoms with Crippen LogP contribution in [0.1, 0.15) is 24.0 Å². The van der Waals surface area contributed by atoms with Gasteiger partial charge in [0.1, 0.15) is 12.6 Å². The van der Waals surface area contributed by atoms with E-state index in [9.17, 15) is 18.0 Å². The summed E-state index contributed by atoms with van der Waals surface area (Å²) in [7, 11) is 0. The maximum Gasteiger partial charge on any atom is 0.416 e. The molecule has 26 heavy (non-hydrogen) atoms. The van der Waals surface area contributed by atoms with Crippen molar-refractivity contribution in [3.05, 3.63) is 41.5 Å². The molecule has 0 radical (unpaired) electrons. The van der Waals surface area contributed by atoms with Crippen molar-refractivity contribution in [2.45, 2.75) is 25.1 Å². The van der Waals surface area contributed by atoms with Gasteiger partial charge in [-0.05, 0) is 36.6 Å². The van der Waals surface area contributed by atoms with Gasteiger partial charge in [-0.2, -0.15) is 13.2 Å². The smallest absolute Gasteiger partial charge is 0.372 e. The molecule has 1 atom stereocenters. The lowest BCUT2D eigenvalue weighted by molar-refractivity contribution is -0.906. The topological polar surface area (TPSA) is 34.0 Å². The van der Waals surface area contributed by atoms with Gasteiger partial charge in [0.2, 0.25) is 5.91 Å². The number of quaternary nitrogens is 1. The number of amides is 1. The Labute approximate surface area is 151 Å². The Morgan fingerprint density at radius 3 is 2.73 bits per heavy atom. The van der Waals surface area contributed by atoms with Crippen LogP contribution in [0.25, 0.3) is 6.08 Å². The number of benzene rings is 1. The molecule has 2 heterocycles. The van der Waals surface area contributed by atoms with E-state index in [1.54, 1.807) is 11.0 Å². The standard InChI is InChI=1S/C19H23F3N2O2/c20-19(21,22)16-4-1-3-15(13-16)6-7-18(25)24-10-8-23(9-11-24)14-17-5-2-12-26-17/h1,3-4,6-7,13,17H,2,5,8-12,14H2/p+1/b7-6+/t17-/m0/s1. The molecule has 0 spiro atoms. The molecule has 2 aliphatic rings. The lowest BCUT2D eigenvalue weighted by atomic mass is 10.1. The molecular weight excluding hydrogens is 345 g/mol. The van der Waals surface area contributed by atoms with Crippen LogP contribution in [0.2, 0.25) is 0 Å². The van der Waals surface area contributed by atoms with Gasteiger partial charge in [-0.15, -0.1) is 0 Å². The van der Waals surface area contributed by atoms with Gasteiger partial charge in [-0.1, -0.05) is 12.1 Å². The molecular formula is C19H24F3N2O2+. The van der Waals surface area contributed by atoms with Crippen molar-refractivity contribution < 1.29 is 27.6 Å².